The van der Waals surface area contributed by atoms with E-state index in [0.717, 1.165) is 10.5 Å². The van der Waals surface area contributed by atoms with Crippen LogP contribution in [0, 0.1) is 0 Å². The molecule has 6 nitrogen and oxygen atoms in total. The van der Waals surface area contributed by atoms with Gasteiger partial charge in [-0.05, 0) is 19.4 Å². The van der Waals surface area contributed by atoms with Crippen LogP contribution in [0.4, 0.5) is 4.79 Å². The fraction of sp³-hybridized carbons (Fsp3) is 0.389. The van der Waals surface area contributed by atoms with Gasteiger partial charge in [-0.15, -0.1) is 0 Å². The molecule has 0 bridgehead atoms. The quantitative estimate of drug-likeness (QED) is 0.556. The second kappa shape index (κ2) is 8.95. The van der Waals surface area contributed by atoms with Crippen LogP contribution >= 0.6 is 34.8 Å². The number of halogens is 3. The summed E-state index contributed by atoms with van der Waals surface area (Å²) in [4.78, 5) is 30.3. The van der Waals surface area contributed by atoms with Gasteiger partial charge in [-0.1, -0.05) is 65.1 Å². The molecule has 2 rings (SSSR count). The zero-order valence-electron chi connectivity index (χ0n) is 14.8. The maximum absolute atomic E-state index is 12.8. The lowest BCUT2D eigenvalue weighted by molar-refractivity contribution is -0.125. The maximum Gasteiger partial charge on any atom is 0.417 e. The molecule has 0 aromatic heterocycles. The van der Waals surface area contributed by atoms with Crippen molar-refractivity contribution in [3.63, 3.8) is 0 Å². The number of amides is 2. The lowest BCUT2D eigenvalue weighted by Crippen LogP contribution is -2.43. The van der Waals surface area contributed by atoms with E-state index < -0.39 is 28.4 Å². The number of hydrogen-bond acceptors (Lipinski definition) is 5. The molecule has 1 atom stereocenters. The van der Waals surface area contributed by atoms with Crippen LogP contribution < -0.4 is 0 Å². The minimum Gasteiger partial charge on any atom is -0.509 e. The van der Waals surface area contributed by atoms with Gasteiger partial charge in [0.1, 0.15) is 24.0 Å². The number of aliphatic hydroxyl groups is 1. The molecular formula is C18H19Cl3N2O4. The number of rotatable bonds is 5. The van der Waals surface area contributed by atoms with Crippen molar-refractivity contribution in [2.45, 2.75) is 30.1 Å². The first-order chi connectivity index (χ1) is 12.7. The molecule has 2 amide bonds. The van der Waals surface area contributed by atoms with E-state index in [4.69, 9.17) is 39.5 Å². The highest BCUT2D eigenvalue weighted by Gasteiger charge is 2.45. The van der Waals surface area contributed by atoms with E-state index in [1.807, 2.05) is 30.3 Å². The van der Waals surface area contributed by atoms with Crippen molar-refractivity contribution in [3.05, 3.63) is 47.2 Å². The molecule has 146 valence electrons. The van der Waals surface area contributed by atoms with Crippen molar-refractivity contribution in [3.8, 4) is 0 Å². The Labute approximate surface area is 172 Å². The van der Waals surface area contributed by atoms with Gasteiger partial charge >= 0.3 is 6.09 Å². The SMILES string of the molecule is CCN=C(C)C1=C(O)[C@H](Cc2ccccc2)N(C(=O)OCC(Cl)(Cl)Cl)C1=O. The topological polar surface area (TPSA) is 79.2 Å². The third kappa shape index (κ3) is 5.37. The molecule has 0 unspecified atom stereocenters. The van der Waals surface area contributed by atoms with Crippen LogP contribution in [0.5, 0.6) is 0 Å². The molecule has 1 aromatic rings. The molecule has 1 aromatic carbocycles. The zero-order chi connectivity index (χ0) is 20.2. The zero-order valence-corrected chi connectivity index (χ0v) is 17.1. The third-order valence-electron chi connectivity index (χ3n) is 3.90. The number of ether oxygens (including phenoxy) is 1. The fourth-order valence-electron chi connectivity index (χ4n) is 2.77. The Bertz CT molecular complexity index is 773. The van der Waals surface area contributed by atoms with Crippen molar-refractivity contribution < 1.29 is 19.4 Å². The van der Waals surface area contributed by atoms with Crippen LogP contribution in [0.2, 0.25) is 0 Å². The number of alkyl halides is 3. The number of nitrogens with zero attached hydrogens (tertiary/aromatic N) is 2. The average Bonchev–Trinajstić information content (AvgIpc) is 2.83. The van der Waals surface area contributed by atoms with E-state index in [1.54, 1.807) is 13.8 Å². The fourth-order valence-corrected chi connectivity index (χ4v) is 2.93. The van der Waals surface area contributed by atoms with E-state index in [0.29, 0.717) is 12.3 Å². The van der Waals surface area contributed by atoms with Gasteiger partial charge in [-0.2, -0.15) is 0 Å². The number of aliphatic imine (C=N–C) groups is 1. The highest BCUT2D eigenvalue weighted by Crippen LogP contribution is 2.30. The lowest BCUT2D eigenvalue weighted by Gasteiger charge is -2.24. The molecule has 9 heteroatoms. The Morgan fingerprint density at radius 2 is 1.93 bits per heavy atom. The summed E-state index contributed by atoms with van der Waals surface area (Å²) >= 11 is 16.8. The van der Waals surface area contributed by atoms with Crippen LogP contribution in [0.1, 0.15) is 19.4 Å². The number of aliphatic hydroxyl groups excluding tert-OH is 1. The Hall–Kier alpha value is -1.76. The van der Waals surface area contributed by atoms with Gasteiger partial charge in [0.15, 0.2) is 0 Å². The lowest BCUT2D eigenvalue weighted by atomic mass is 10.0. The first kappa shape index (κ1) is 21.5. The van der Waals surface area contributed by atoms with E-state index in [1.165, 1.54) is 0 Å². The smallest absolute Gasteiger partial charge is 0.417 e. The number of benzene rings is 1. The Morgan fingerprint density at radius 1 is 1.30 bits per heavy atom. The van der Waals surface area contributed by atoms with Gasteiger partial charge in [0.25, 0.3) is 5.91 Å². The van der Waals surface area contributed by atoms with Gasteiger partial charge < -0.3 is 9.84 Å². The summed E-state index contributed by atoms with van der Waals surface area (Å²) in [7, 11) is 0. The van der Waals surface area contributed by atoms with E-state index in [9.17, 15) is 14.7 Å². The molecule has 0 saturated heterocycles. The first-order valence-electron chi connectivity index (χ1n) is 8.21. The summed E-state index contributed by atoms with van der Waals surface area (Å²) in [5.74, 6) is -0.929. The minimum atomic E-state index is -1.81. The molecule has 27 heavy (non-hydrogen) atoms. The maximum atomic E-state index is 12.8. The van der Waals surface area contributed by atoms with Crippen LogP contribution in [-0.2, 0) is 16.0 Å². The highest BCUT2D eigenvalue weighted by atomic mass is 35.6. The molecule has 1 N–H and O–H groups in total. The summed E-state index contributed by atoms with van der Waals surface area (Å²) in [6.07, 6.45) is -0.789. The molecule has 0 radical (unpaired) electrons. The second-order valence-electron chi connectivity index (χ2n) is 5.87. The summed E-state index contributed by atoms with van der Waals surface area (Å²) in [5, 5.41) is 10.7. The number of carbonyl (C=O) groups excluding carboxylic acids is 2. The Balaban J connectivity index is 2.36. The molecule has 1 aliphatic rings. The predicted molar refractivity (Wildman–Crippen MR) is 106 cm³/mol. The summed E-state index contributed by atoms with van der Waals surface area (Å²) < 4.78 is 3.14. The second-order valence-corrected chi connectivity index (χ2v) is 8.39. The Kier molecular flexibility index (Phi) is 7.14. The van der Waals surface area contributed by atoms with Crippen molar-refractivity contribution in [1.29, 1.82) is 0 Å². The van der Waals surface area contributed by atoms with Crippen LogP contribution in [0.3, 0.4) is 0 Å². The Morgan fingerprint density at radius 3 is 2.48 bits per heavy atom. The first-order valence-corrected chi connectivity index (χ1v) is 9.34. The number of carbonyl (C=O) groups is 2. The number of imide groups is 1. The van der Waals surface area contributed by atoms with Crippen molar-refractivity contribution >= 4 is 52.5 Å². The van der Waals surface area contributed by atoms with Crippen molar-refractivity contribution in [2.24, 2.45) is 4.99 Å². The van der Waals surface area contributed by atoms with Crippen LogP contribution in [-0.4, -0.2) is 50.7 Å². The standard InChI is InChI=1S/C18H19Cl3N2O4/c1-3-22-11(2)14-15(24)13(9-12-7-5-4-6-8-12)23(16(14)25)17(26)27-10-18(19,20)21/h4-8,13,24H,3,9-10H2,1-2H3/t13-/m0/s1. The third-order valence-corrected chi connectivity index (χ3v) is 4.23. The van der Waals surface area contributed by atoms with Crippen molar-refractivity contribution in [2.75, 3.05) is 13.2 Å². The molecular weight excluding hydrogens is 415 g/mol. The van der Waals surface area contributed by atoms with Crippen molar-refractivity contribution in [1.82, 2.24) is 4.90 Å². The largest absolute Gasteiger partial charge is 0.509 e. The van der Waals surface area contributed by atoms with Crippen LogP contribution in [0.15, 0.2) is 46.7 Å². The van der Waals surface area contributed by atoms with Gasteiger partial charge in [-0.25, -0.2) is 9.69 Å². The predicted octanol–water partition coefficient (Wildman–Crippen LogP) is 4.24. The summed E-state index contributed by atoms with van der Waals surface area (Å²) in [6.45, 7) is 3.30. The molecule has 1 aliphatic heterocycles. The number of hydrogen-bond donors (Lipinski definition) is 1. The molecule has 0 saturated carbocycles. The minimum absolute atomic E-state index is 0.0105. The molecule has 0 spiro atoms. The highest BCUT2D eigenvalue weighted by molar-refractivity contribution is 6.67. The van der Waals surface area contributed by atoms with Gasteiger partial charge in [-0.3, -0.25) is 9.79 Å². The normalized spacial score (nSPS) is 18.3. The molecule has 0 aliphatic carbocycles. The average molecular weight is 434 g/mol. The molecule has 1 heterocycles. The van der Waals surface area contributed by atoms with Gasteiger partial charge in [0, 0.05) is 18.7 Å². The molecule has 0 fully saturated rings. The van der Waals surface area contributed by atoms with E-state index in [-0.39, 0.29) is 17.8 Å². The van der Waals surface area contributed by atoms with Crippen LogP contribution in [0.25, 0.3) is 0 Å². The monoisotopic (exact) mass is 432 g/mol. The van der Waals surface area contributed by atoms with E-state index in [2.05, 4.69) is 4.99 Å². The van der Waals surface area contributed by atoms with Gasteiger partial charge in [0.05, 0.1) is 0 Å². The summed E-state index contributed by atoms with van der Waals surface area (Å²) in [5.41, 5.74) is 1.16. The summed E-state index contributed by atoms with van der Waals surface area (Å²) in [6, 6.07) is 8.21. The van der Waals surface area contributed by atoms with E-state index >= 15 is 0 Å². The van der Waals surface area contributed by atoms with Gasteiger partial charge in [0.2, 0.25) is 3.79 Å².